The Morgan fingerprint density at radius 2 is 0.520 bits per heavy atom. The lowest BCUT2D eigenvalue weighted by molar-refractivity contribution is -0.124. The van der Waals surface area contributed by atoms with E-state index < -0.39 is 15.8 Å². The average molecular weight is 1370 g/mol. The van der Waals surface area contributed by atoms with Gasteiger partial charge in [-0.25, -0.2) is 0 Å². The monoisotopic (exact) mass is 1370 g/mol. The van der Waals surface area contributed by atoms with Crippen LogP contribution >= 0.6 is 15.8 Å². The summed E-state index contributed by atoms with van der Waals surface area (Å²) in [6.45, 7) is 30.9. The van der Waals surface area contributed by atoms with Crippen LogP contribution in [0.1, 0.15) is 187 Å². The highest BCUT2D eigenvalue weighted by molar-refractivity contribution is 7.73. The van der Waals surface area contributed by atoms with Gasteiger partial charge in [0.15, 0.2) is 13.2 Å². The van der Waals surface area contributed by atoms with Gasteiger partial charge in [-0.1, -0.05) is 314 Å². The van der Waals surface area contributed by atoms with Gasteiger partial charge in [0.1, 0.15) is 35.7 Å². The molecule has 1 aliphatic carbocycles. The number of ether oxygens (including phenoxy) is 4. The summed E-state index contributed by atoms with van der Waals surface area (Å²) in [6.07, 6.45) is 2.45. The molecule has 2 atom stereocenters. The second-order valence-corrected chi connectivity index (χ2v) is 35.2. The first kappa shape index (κ1) is 72.5. The zero-order valence-electron chi connectivity index (χ0n) is 61.1. The molecule has 8 bridgehead atoms. The summed E-state index contributed by atoms with van der Waals surface area (Å²) in [7, 11) is -2.04. The number of amides is 2. The maximum Gasteiger partial charge on any atom is 0.258 e. The smallest absolute Gasteiger partial charge is 0.258 e. The number of hydrogen-bond donors (Lipinski definition) is 2. The number of rotatable bonds is 20. The van der Waals surface area contributed by atoms with E-state index >= 15 is 0 Å². The second kappa shape index (κ2) is 31.4. The molecule has 100 heavy (non-hydrogen) atoms. The van der Waals surface area contributed by atoms with E-state index in [9.17, 15) is 9.59 Å². The molecular formula is C90H100N2O6P2. The third-order valence-corrected chi connectivity index (χ3v) is 23.4. The minimum absolute atomic E-state index is 0.234. The van der Waals surface area contributed by atoms with E-state index in [2.05, 4.69) is 264 Å². The van der Waals surface area contributed by atoms with E-state index in [0.29, 0.717) is 49.9 Å². The molecule has 516 valence electrons. The second-order valence-electron chi connectivity index (χ2n) is 30.9. The molecule has 2 amide bonds. The van der Waals surface area contributed by atoms with Gasteiger partial charge in [0.2, 0.25) is 0 Å². The van der Waals surface area contributed by atoms with Crippen molar-refractivity contribution >= 4 is 48.9 Å². The van der Waals surface area contributed by atoms with Crippen molar-refractivity contribution in [2.24, 2.45) is 0 Å². The number of benzene rings is 10. The molecule has 8 nitrogen and oxygen atoms in total. The normalized spacial score (nSPS) is 13.3. The molecule has 0 saturated carbocycles. The lowest BCUT2D eigenvalue weighted by Crippen LogP contribution is -2.31. The van der Waals surface area contributed by atoms with E-state index in [0.717, 1.165) is 78.3 Å². The van der Waals surface area contributed by atoms with Crippen LogP contribution in [-0.2, 0) is 56.9 Å². The molecular weight excluding hydrogens is 1270 g/mol. The molecule has 0 spiro atoms. The highest BCUT2D eigenvalue weighted by Gasteiger charge is 2.32. The first-order valence-corrected chi connectivity index (χ1v) is 38.4. The van der Waals surface area contributed by atoms with Gasteiger partial charge in [0.25, 0.3) is 11.8 Å². The molecule has 10 aromatic rings. The summed E-state index contributed by atoms with van der Waals surface area (Å²) < 4.78 is 30.1. The Morgan fingerprint density at radius 3 is 0.730 bits per heavy atom. The topological polar surface area (TPSA) is 95.1 Å². The number of carbonyl (C=O) groups is 2. The maximum atomic E-state index is 14.6. The van der Waals surface area contributed by atoms with Crippen molar-refractivity contribution in [1.82, 2.24) is 10.6 Å². The van der Waals surface area contributed by atoms with Crippen LogP contribution in [0.4, 0.5) is 0 Å². The van der Waals surface area contributed by atoms with Crippen molar-refractivity contribution in [2.75, 3.05) is 25.9 Å². The van der Waals surface area contributed by atoms with Gasteiger partial charge in [-0.05, 0) is 150 Å². The van der Waals surface area contributed by atoms with Gasteiger partial charge in [-0.15, -0.1) is 0 Å². The SMILES string of the molecule is C[C@@H](NC(=O)COc1c2cc(C(C)(C)C)cc1Cc1cc(C(C)(C)C)cc(c1OCP(c1ccccc1)c1ccccc1)Cc1cc(C(C)(C)C)cc(c1OCP(c1ccccc1)c1ccccc1)Cc1cc(C(C)(C)C)cc(c1OCC(=O)N[C@H](C)c1ccccc1)C2)c1ccccc1. The van der Waals surface area contributed by atoms with Crippen LogP contribution in [0.5, 0.6) is 23.0 Å². The number of hydrogen-bond acceptors (Lipinski definition) is 6. The van der Waals surface area contributed by atoms with Crippen molar-refractivity contribution in [1.29, 1.82) is 0 Å². The largest absolute Gasteiger partial charge is 0.488 e. The standard InChI is InChI=1S/C90H100N2O6P2/c1-61(63-33-21-15-22-34-63)91-81(93)57-95-83-65-45-66-50-74(88(6,7)8)52-68(84(66)96-58-82(94)92-62(2)64-35-23-16-24-36-64)47-70-54-76(90(12,13)14)56-72(86(70)98-60-100(79-41-29-19-30-42-79)80-43-31-20-32-44-80)48-71-55-75(89(9,10)11)53-69(46-67(83)51-73(49-65)87(3,4)5)85(71)97-59-99(77-37-25-17-26-38-77)78-39-27-18-28-40-78/h15-44,49-56,61-62H,45-48,57-60H2,1-14H3,(H,91,93)(H,92,94)/t61-,62-/m1/s1. The van der Waals surface area contributed by atoms with Crippen LogP contribution in [0.2, 0.25) is 0 Å². The predicted octanol–water partition coefficient (Wildman–Crippen LogP) is 19.0. The van der Waals surface area contributed by atoms with Crippen LogP contribution in [-0.4, -0.2) is 37.7 Å². The third-order valence-electron chi connectivity index (χ3n) is 19.0. The summed E-state index contributed by atoms with van der Waals surface area (Å²) in [5, 5.41) is 11.4. The lowest BCUT2D eigenvalue weighted by Gasteiger charge is -2.30. The average Bonchev–Trinajstić information content (AvgIpc) is 0.762. The Balaban J connectivity index is 1.19. The fourth-order valence-corrected chi connectivity index (χ4v) is 17.0. The van der Waals surface area contributed by atoms with Crippen molar-refractivity contribution in [3.05, 3.63) is 308 Å². The molecule has 11 rings (SSSR count). The molecule has 1 aliphatic rings. The fourth-order valence-electron chi connectivity index (χ4n) is 13.1. The van der Waals surface area contributed by atoms with Gasteiger partial charge < -0.3 is 29.6 Å². The minimum Gasteiger partial charge on any atom is -0.488 e. The molecule has 0 aliphatic heterocycles. The Kier molecular flexibility index (Phi) is 22.7. The predicted molar refractivity (Wildman–Crippen MR) is 418 cm³/mol. The summed E-state index contributed by atoms with van der Waals surface area (Å²) in [5.41, 5.74) is 13.0. The van der Waals surface area contributed by atoms with Crippen molar-refractivity contribution in [3.63, 3.8) is 0 Å². The summed E-state index contributed by atoms with van der Waals surface area (Å²) >= 11 is 0. The summed E-state index contributed by atoms with van der Waals surface area (Å²) in [5.74, 6) is 2.41. The minimum atomic E-state index is -1.02. The van der Waals surface area contributed by atoms with Crippen LogP contribution in [0.25, 0.3) is 0 Å². The molecule has 0 saturated heterocycles. The molecule has 10 aromatic carbocycles. The Morgan fingerprint density at radius 1 is 0.320 bits per heavy atom. The van der Waals surface area contributed by atoms with Crippen LogP contribution < -0.4 is 50.8 Å². The van der Waals surface area contributed by atoms with Crippen molar-refractivity contribution < 1.29 is 28.5 Å². The highest BCUT2D eigenvalue weighted by Crippen LogP contribution is 2.47. The Hall–Kier alpha value is -8.80. The van der Waals surface area contributed by atoms with Gasteiger partial charge in [0, 0.05) is 25.7 Å². The van der Waals surface area contributed by atoms with E-state index in [1.807, 2.05) is 74.5 Å². The molecule has 0 unspecified atom stereocenters. The zero-order valence-corrected chi connectivity index (χ0v) is 62.9. The summed E-state index contributed by atoms with van der Waals surface area (Å²) in [4.78, 5) is 29.2. The van der Waals surface area contributed by atoms with E-state index in [1.54, 1.807) is 0 Å². The number of carbonyl (C=O) groups excluding carboxylic acids is 2. The molecule has 10 heteroatoms. The van der Waals surface area contributed by atoms with Gasteiger partial charge in [-0.3, -0.25) is 9.59 Å². The molecule has 0 fully saturated rings. The number of fused-ring (bicyclic) bond motifs is 8. The van der Waals surface area contributed by atoms with Gasteiger partial charge >= 0.3 is 0 Å². The van der Waals surface area contributed by atoms with Gasteiger partial charge in [0.05, 0.1) is 12.1 Å². The quantitative estimate of drug-likeness (QED) is 0.0738. The Labute approximate surface area is 598 Å². The maximum absolute atomic E-state index is 14.6. The van der Waals surface area contributed by atoms with Gasteiger partial charge in [-0.2, -0.15) is 0 Å². The van der Waals surface area contributed by atoms with Crippen LogP contribution in [0.3, 0.4) is 0 Å². The van der Waals surface area contributed by atoms with E-state index in [1.165, 1.54) is 32.3 Å². The summed E-state index contributed by atoms with van der Waals surface area (Å²) in [6, 6.07) is 81.4. The van der Waals surface area contributed by atoms with Crippen LogP contribution in [0, 0.1) is 0 Å². The number of nitrogens with one attached hydrogen (secondary N) is 2. The first-order valence-electron chi connectivity index (χ1n) is 35.3. The first-order chi connectivity index (χ1) is 47.7. The molecule has 0 radical (unpaired) electrons. The lowest BCUT2D eigenvalue weighted by atomic mass is 9.79. The van der Waals surface area contributed by atoms with E-state index in [4.69, 9.17) is 18.9 Å². The zero-order chi connectivity index (χ0) is 70.9. The van der Waals surface area contributed by atoms with Crippen LogP contribution in [0.15, 0.2) is 231 Å². The Bertz CT molecular complexity index is 4060. The molecule has 0 heterocycles. The molecule has 2 N–H and O–H groups in total. The third kappa shape index (κ3) is 18.2. The fraction of sp³-hybridized carbons (Fsp3) is 0.311. The van der Waals surface area contributed by atoms with Crippen molar-refractivity contribution in [3.8, 4) is 23.0 Å². The van der Waals surface area contributed by atoms with E-state index in [-0.39, 0.29) is 58.8 Å². The highest BCUT2D eigenvalue weighted by atomic mass is 31.1. The van der Waals surface area contributed by atoms with Crippen molar-refractivity contribution in [2.45, 2.75) is 156 Å². The molecule has 0 aromatic heterocycles.